The molecule has 0 heterocycles. The molecule has 4 heteroatoms. The van der Waals surface area contributed by atoms with Crippen molar-refractivity contribution >= 4 is 5.97 Å². The Kier molecular flexibility index (Phi) is 4.28. The number of carbonyl (C=O) groups excluding carboxylic acids is 1. The normalized spacial score (nSPS) is 10.3. The molecular formula is C12H15FO3. The molecule has 3 nitrogen and oxygen atoms in total. The summed E-state index contributed by atoms with van der Waals surface area (Å²) in [6.45, 7) is 5.00. The third-order valence-corrected chi connectivity index (χ3v) is 1.85. The Hall–Kier alpha value is -1.58. The minimum Gasteiger partial charge on any atom is -0.482 e. The number of hydrogen-bond donors (Lipinski definition) is 0. The third kappa shape index (κ3) is 3.88. The van der Waals surface area contributed by atoms with E-state index in [2.05, 4.69) is 0 Å². The largest absolute Gasteiger partial charge is 0.482 e. The van der Waals surface area contributed by atoms with Crippen molar-refractivity contribution in [1.82, 2.24) is 0 Å². The van der Waals surface area contributed by atoms with Crippen molar-refractivity contribution in [3.63, 3.8) is 0 Å². The number of ether oxygens (including phenoxy) is 2. The van der Waals surface area contributed by atoms with Crippen molar-refractivity contribution in [2.45, 2.75) is 26.9 Å². The molecule has 0 spiro atoms. The van der Waals surface area contributed by atoms with Crippen LogP contribution in [0.25, 0.3) is 0 Å². The van der Waals surface area contributed by atoms with Crippen molar-refractivity contribution in [1.29, 1.82) is 0 Å². The zero-order chi connectivity index (χ0) is 12.1. The second-order valence-electron chi connectivity index (χ2n) is 3.74. The number of halogens is 1. The van der Waals surface area contributed by atoms with Crippen LogP contribution in [0.2, 0.25) is 0 Å². The van der Waals surface area contributed by atoms with Gasteiger partial charge in [0.15, 0.2) is 6.61 Å². The number of rotatable bonds is 4. The zero-order valence-electron chi connectivity index (χ0n) is 9.62. The molecule has 1 rings (SSSR count). The Morgan fingerprint density at radius 2 is 2.12 bits per heavy atom. The number of carbonyl (C=O) groups is 1. The van der Waals surface area contributed by atoms with Crippen molar-refractivity contribution in [2.24, 2.45) is 0 Å². The second-order valence-corrected chi connectivity index (χ2v) is 3.74. The molecule has 0 aromatic heterocycles. The fraction of sp³-hybridized carbons (Fsp3) is 0.417. The molecule has 1 aromatic carbocycles. The Bertz CT molecular complexity index is 375. The van der Waals surface area contributed by atoms with Crippen molar-refractivity contribution in [3.8, 4) is 5.75 Å². The third-order valence-electron chi connectivity index (χ3n) is 1.85. The fourth-order valence-corrected chi connectivity index (χ4v) is 1.15. The molecule has 0 fully saturated rings. The Balaban J connectivity index is 2.48. The summed E-state index contributed by atoms with van der Waals surface area (Å²) in [4.78, 5) is 11.2. The predicted octanol–water partition coefficient (Wildman–Crippen LogP) is 2.46. The monoisotopic (exact) mass is 226 g/mol. The molecule has 0 aliphatic rings. The summed E-state index contributed by atoms with van der Waals surface area (Å²) in [7, 11) is 0. The van der Waals surface area contributed by atoms with Crippen LogP contribution in [0.1, 0.15) is 19.4 Å². The van der Waals surface area contributed by atoms with Gasteiger partial charge in [-0.15, -0.1) is 0 Å². The van der Waals surface area contributed by atoms with E-state index in [1.54, 1.807) is 20.8 Å². The van der Waals surface area contributed by atoms with Crippen LogP contribution >= 0.6 is 0 Å². The lowest BCUT2D eigenvalue weighted by Crippen LogP contribution is -2.18. The average Bonchev–Trinajstić information content (AvgIpc) is 2.19. The topological polar surface area (TPSA) is 35.5 Å². The van der Waals surface area contributed by atoms with Gasteiger partial charge in [0.1, 0.15) is 11.6 Å². The van der Waals surface area contributed by atoms with Crippen LogP contribution in [0.4, 0.5) is 4.39 Å². The standard InChI is InChI=1S/C12H15FO3/c1-8(2)16-12(14)7-15-10-4-5-11(13)9(3)6-10/h4-6,8H,7H2,1-3H3. The van der Waals surface area contributed by atoms with Crippen LogP contribution < -0.4 is 4.74 Å². The molecule has 0 radical (unpaired) electrons. The first-order valence-electron chi connectivity index (χ1n) is 5.07. The molecule has 16 heavy (non-hydrogen) atoms. The maximum absolute atomic E-state index is 12.9. The first-order valence-corrected chi connectivity index (χ1v) is 5.07. The molecule has 88 valence electrons. The predicted molar refractivity (Wildman–Crippen MR) is 57.9 cm³/mol. The Labute approximate surface area is 94.2 Å². The summed E-state index contributed by atoms with van der Waals surface area (Å²) in [6.07, 6.45) is -0.161. The Morgan fingerprint density at radius 3 is 2.69 bits per heavy atom. The number of esters is 1. The number of benzene rings is 1. The minimum absolute atomic E-state index is 0.161. The summed E-state index contributed by atoms with van der Waals surface area (Å²) >= 11 is 0. The van der Waals surface area contributed by atoms with E-state index in [9.17, 15) is 9.18 Å². The molecule has 0 unspecified atom stereocenters. The summed E-state index contributed by atoms with van der Waals surface area (Å²) in [5.41, 5.74) is 0.481. The molecule has 0 saturated heterocycles. The molecule has 0 aliphatic heterocycles. The minimum atomic E-state index is -0.433. The quantitative estimate of drug-likeness (QED) is 0.740. The SMILES string of the molecule is Cc1cc(OCC(=O)OC(C)C)ccc1F. The maximum atomic E-state index is 12.9. The van der Waals surface area contributed by atoms with E-state index in [1.807, 2.05) is 0 Å². The molecular weight excluding hydrogens is 211 g/mol. The van der Waals surface area contributed by atoms with Crippen molar-refractivity contribution in [3.05, 3.63) is 29.6 Å². The molecule has 1 aromatic rings. The molecule has 0 N–H and O–H groups in total. The molecule has 0 aliphatic carbocycles. The highest BCUT2D eigenvalue weighted by molar-refractivity contribution is 5.71. The van der Waals surface area contributed by atoms with Crippen LogP contribution in [0.3, 0.4) is 0 Å². The van der Waals surface area contributed by atoms with Crippen LogP contribution in [-0.2, 0) is 9.53 Å². The van der Waals surface area contributed by atoms with Crippen LogP contribution in [0.5, 0.6) is 5.75 Å². The highest BCUT2D eigenvalue weighted by atomic mass is 19.1. The summed E-state index contributed by atoms with van der Waals surface area (Å²) < 4.78 is 23.0. The first kappa shape index (κ1) is 12.5. The van der Waals surface area contributed by atoms with E-state index < -0.39 is 5.97 Å². The van der Waals surface area contributed by atoms with E-state index in [4.69, 9.17) is 9.47 Å². The van der Waals surface area contributed by atoms with Gasteiger partial charge in [-0.1, -0.05) is 0 Å². The van der Waals surface area contributed by atoms with Crippen LogP contribution in [-0.4, -0.2) is 18.7 Å². The maximum Gasteiger partial charge on any atom is 0.344 e. The van der Waals surface area contributed by atoms with Gasteiger partial charge < -0.3 is 9.47 Å². The molecule has 0 bridgehead atoms. The van der Waals surface area contributed by atoms with Gasteiger partial charge in [-0.3, -0.25) is 0 Å². The Morgan fingerprint density at radius 1 is 1.44 bits per heavy atom. The van der Waals surface area contributed by atoms with E-state index in [1.165, 1.54) is 18.2 Å². The van der Waals surface area contributed by atoms with Gasteiger partial charge in [0, 0.05) is 0 Å². The lowest BCUT2D eigenvalue weighted by molar-refractivity contribution is -0.149. The first-order chi connectivity index (χ1) is 7.49. The number of hydrogen-bond acceptors (Lipinski definition) is 3. The molecule has 0 atom stereocenters. The lowest BCUT2D eigenvalue weighted by atomic mass is 10.2. The van der Waals surface area contributed by atoms with Gasteiger partial charge in [0.25, 0.3) is 0 Å². The second kappa shape index (κ2) is 5.49. The highest BCUT2D eigenvalue weighted by Crippen LogP contribution is 2.15. The van der Waals surface area contributed by atoms with Crippen molar-refractivity contribution < 1.29 is 18.7 Å². The summed E-state index contributed by atoms with van der Waals surface area (Å²) in [5, 5.41) is 0. The molecule has 0 amide bonds. The van der Waals surface area contributed by atoms with Gasteiger partial charge in [-0.05, 0) is 44.5 Å². The van der Waals surface area contributed by atoms with Crippen molar-refractivity contribution in [2.75, 3.05) is 6.61 Å². The van der Waals surface area contributed by atoms with E-state index in [0.29, 0.717) is 11.3 Å². The van der Waals surface area contributed by atoms with E-state index >= 15 is 0 Å². The van der Waals surface area contributed by atoms with Gasteiger partial charge in [0.2, 0.25) is 0 Å². The van der Waals surface area contributed by atoms with Gasteiger partial charge in [-0.25, -0.2) is 9.18 Å². The fourth-order valence-electron chi connectivity index (χ4n) is 1.15. The van der Waals surface area contributed by atoms with E-state index in [-0.39, 0.29) is 18.5 Å². The van der Waals surface area contributed by atoms with Crippen LogP contribution in [0, 0.1) is 12.7 Å². The summed E-state index contributed by atoms with van der Waals surface area (Å²) in [5.74, 6) is -0.270. The smallest absolute Gasteiger partial charge is 0.344 e. The zero-order valence-corrected chi connectivity index (χ0v) is 9.62. The van der Waals surface area contributed by atoms with Gasteiger partial charge >= 0.3 is 5.97 Å². The highest BCUT2D eigenvalue weighted by Gasteiger charge is 2.07. The van der Waals surface area contributed by atoms with Gasteiger partial charge in [0.05, 0.1) is 6.10 Å². The van der Waals surface area contributed by atoms with Crippen LogP contribution in [0.15, 0.2) is 18.2 Å². The van der Waals surface area contributed by atoms with Gasteiger partial charge in [-0.2, -0.15) is 0 Å². The summed E-state index contributed by atoms with van der Waals surface area (Å²) in [6, 6.07) is 4.32. The number of aryl methyl sites for hydroxylation is 1. The van der Waals surface area contributed by atoms with E-state index in [0.717, 1.165) is 0 Å². The molecule has 0 saturated carbocycles. The average molecular weight is 226 g/mol. The lowest BCUT2D eigenvalue weighted by Gasteiger charge is -2.09.